The Labute approximate surface area is 187 Å². The number of benzene rings is 2. The van der Waals surface area contributed by atoms with Crippen LogP contribution < -0.4 is 14.4 Å². The number of methoxy groups -OCH3 is 2. The maximum atomic E-state index is 13.3. The molecule has 2 aromatic carbocycles. The van der Waals surface area contributed by atoms with Crippen LogP contribution in [0.3, 0.4) is 0 Å². The number of aliphatic hydroxyl groups is 1. The zero-order chi connectivity index (χ0) is 23.1. The van der Waals surface area contributed by atoms with Gasteiger partial charge in [0, 0.05) is 16.1 Å². The van der Waals surface area contributed by atoms with Crippen molar-refractivity contribution in [1.29, 1.82) is 0 Å². The first-order valence-electron chi connectivity index (χ1n) is 9.80. The van der Waals surface area contributed by atoms with E-state index in [1.807, 2.05) is 6.92 Å². The van der Waals surface area contributed by atoms with Gasteiger partial charge < -0.3 is 14.6 Å². The highest BCUT2D eigenvalue weighted by atomic mass is 35.5. The molecule has 0 saturated heterocycles. The summed E-state index contributed by atoms with van der Waals surface area (Å²) in [5.74, 6) is -0.570. The van der Waals surface area contributed by atoms with Gasteiger partial charge in [-0.2, -0.15) is 0 Å². The molecule has 0 saturated carbocycles. The summed E-state index contributed by atoms with van der Waals surface area (Å²) in [5, 5.41) is 11.3. The molecule has 0 aromatic heterocycles. The van der Waals surface area contributed by atoms with Crippen LogP contribution in [0.25, 0.3) is 0 Å². The molecule has 31 heavy (non-hydrogen) atoms. The number of aryl methyl sites for hydroxylation is 1. The maximum Gasteiger partial charge on any atom is 0.294 e. The fourth-order valence-corrected chi connectivity index (χ4v) is 3.84. The van der Waals surface area contributed by atoms with E-state index in [-0.39, 0.29) is 11.4 Å². The van der Waals surface area contributed by atoms with E-state index in [0.29, 0.717) is 27.8 Å². The van der Waals surface area contributed by atoms with Crippen molar-refractivity contribution in [3.8, 4) is 11.5 Å². The van der Waals surface area contributed by atoms with Crippen LogP contribution in [0.15, 0.2) is 47.7 Å². The van der Waals surface area contributed by atoms with Crippen molar-refractivity contribution in [1.82, 2.24) is 0 Å². The molecule has 6 nitrogen and oxygen atoms in total. The minimum absolute atomic E-state index is 0.0455. The lowest BCUT2D eigenvalue weighted by Crippen LogP contribution is -2.33. The van der Waals surface area contributed by atoms with Crippen LogP contribution in [0.4, 0.5) is 5.69 Å². The van der Waals surface area contributed by atoms with Gasteiger partial charge in [0.2, 0.25) is 0 Å². The minimum Gasteiger partial charge on any atom is -0.503 e. The molecule has 0 spiro atoms. The molecule has 0 radical (unpaired) electrons. The lowest BCUT2D eigenvalue weighted by atomic mass is 9.82. The summed E-state index contributed by atoms with van der Waals surface area (Å²) in [6.07, 6.45) is 0. The Morgan fingerprint density at radius 1 is 1.06 bits per heavy atom. The summed E-state index contributed by atoms with van der Waals surface area (Å²) in [5.41, 5.74) is 1.13. The van der Waals surface area contributed by atoms with Gasteiger partial charge in [0.05, 0.1) is 25.8 Å². The van der Waals surface area contributed by atoms with Crippen molar-refractivity contribution in [3.63, 3.8) is 0 Å². The second-order valence-electron chi connectivity index (χ2n) is 8.46. The summed E-state index contributed by atoms with van der Waals surface area (Å²) < 4.78 is 10.7. The molecular formula is C24H26ClNO5. The van der Waals surface area contributed by atoms with Crippen molar-refractivity contribution in [2.24, 2.45) is 5.41 Å². The molecule has 1 heterocycles. The second kappa shape index (κ2) is 8.27. The van der Waals surface area contributed by atoms with Gasteiger partial charge in [0.1, 0.15) is 0 Å². The molecule has 1 atom stereocenters. The first-order valence-corrected chi connectivity index (χ1v) is 10.2. The van der Waals surface area contributed by atoms with Crippen molar-refractivity contribution >= 4 is 29.0 Å². The lowest BCUT2D eigenvalue weighted by Gasteiger charge is -2.30. The number of hydrogen-bond donors (Lipinski definition) is 1. The van der Waals surface area contributed by atoms with Crippen LogP contribution in [0.2, 0.25) is 5.02 Å². The van der Waals surface area contributed by atoms with Gasteiger partial charge in [-0.1, -0.05) is 44.5 Å². The Morgan fingerprint density at radius 3 is 2.29 bits per heavy atom. The van der Waals surface area contributed by atoms with E-state index in [9.17, 15) is 14.7 Å². The molecule has 0 bridgehead atoms. The highest BCUT2D eigenvalue weighted by Crippen LogP contribution is 2.46. The SMILES string of the molecule is COc1ccc(C2C(C(=O)C(C)(C)C)=C(O)C(=O)N2c2cc(Cl)ccc2C)cc1OC. The van der Waals surface area contributed by atoms with Crippen LogP contribution in [-0.4, -0.2) is 31.0 Å². The molecule has 7 heteroatoms. The topological polar surface area (TPSA) is 76.1 Å². The van der Waals surface area contributed by atoms with Crippen molar-refractivity contribution in [2.75, 3.05) is 19.1 Å². The molecule has 1 aliphatic rings. The number of nitrogens with zero attached hydrogens (tertiary/aromatic N) is 1. The summed E-state index contributed by atoms with van der Waals surface area (Å²) in [6.45, 7) is 7.09. The average molecular weight is 444 g/mol. The molecule has 1 N–H and O–H groups in total. The number of ketones is 1. The van der Waals surface area contributed by atoms with Gasteiger partial charge in [-0.15, -0.1) is 0 Å². The monoisotopic (exact) mass is 443 g/mol. The molecule has 2 aromatic rings. The maximum absolute atomic E-state index is 13.3. The zero-order valence-corrected chi connectivity index (χ0v) is 19.2. The van der Waals surface area contributed by atoms with E-state index in [2.05, 4.69) is 0 Å². The third kappa shape index (κ3) is 4.00. The van der Waals surface area contributed by atoms with Gasteiger partial charge in [0.25, 0.3) is 5.91 Å². The Kier molecular flexibility index (Phi) is 6.05. The average Bonchev–Trinajstić information content (AvgIpc) is 2.98. The Hall–Kier alpha value is -2.99. The standard InChI is InChI=1S/C24H26ClNO5/c1-13-7-9-15(25)12-16(13)26-20(14-8-10-17(30-5)18(11-14)31-6)19(21(27)23(26)29)22(28)24(2,3)4/h7-12,20,27H,1-6H3. The van der Waals surface area contributed by atoms with Crippen LogP contribution in [0, 0.1) is 12.3 Å². The number of carbonyl (C=O) groups excluding carboxylic acids is 2. The fourth-order valence-electron chi connectivity index (χ4n) is 3.67. The van der Waals surface area contributed by atoms with E-state index in [0.717, 1.165) is 5.56 Å². The molecule has 3 rings (SSSR count). The number of Topliss-reactive ketones (excluding diaryl/α,β-unsaturated/α-hetero) is 1. The molecular weight excluding hydrogens is 418 g/mol. The third-order valence-corrected chi connectivity index (χ3v) is 5.52. The number of halogens is 1. The van der Waals surface area contributed by atoms with Crippen molar-refractivity contribution in [2.45, 2.75) is 33.7 Å². The number of carbonyl (C=O) groups is 2. The van der Waals surface area contributed by atoms with Crippen LogP contribution in [0.5, 0.6) is 11.5 Å². The Balaban J connectivity index is 2.29. The summed E-state index contributed by atoms with van der Waals surface area (Å²) in [4.78, 5) is 28.0. The normalized spacial score (nSPS) is 16.7. The smallest absolute Gasteiger partial charge is 0.294 e. The highest BCUT2D eigenvalue weighted by molar-refractivity contribution is 6.31. The summed E-state index contributed by atoms with van der Waals surface area (Å²) in [6, 6.07) is 9.48. The van der Waals surface area contributed by atoms with Gasteiger partial charge in [-0.3, -0.25) is 14.5 Å². The van der Waals surface area contributed by atoms with Gasteiger partial charge in [-0.05, 0) is 42.3 Å². The number of amides is 1. The predicted octanol–water partition coefficient (Wildman–Crippen LogP) is 5.18. The minimum atomic E-state index is -0.851. The molecule has 0 aliphatic carbocycles. The van der Waals surface area contributed by atoms with Crippen molar-refractivity contribution < 1.29 is 24.2 Å². The number of anilines is 1. The van der Waals surface area contributed by atoms with Crippen LogP contribution >= 0.6 is 11.6 Å². The first kappa shape index (κ1) is 22.7. The number of rotatable bonds is 5. The van der Waals surface area contributed by atoms with E-state index in [1.165, 1.54) is 19.1 Å². The zero-order valence-electron chi connectivity index (χ0n) is 18.4. The summed E-state index contributed by atoms with van der Waals surface area (Å²) >= 11 is 6.21. The largest absolute Gasteiger partial charge is 0.503 e. The predicted molar refractivity (Wildman–Crippen MR) is 120 cm³/mol. The number of hydrogen-bond acceptors (Lipinski definition) is 5. The molecule has 164 valence electrons. The number of ether oxygens (including phenoxy) is 2. The van der Waals surface area contributed by atoms with E-state index >= 15 is 0 Å². The van der Waals surface area contributed by atoms with E-state index in [4.69, 9.17) is 21.1 Å². The van der Waals surface area contributed by atoms with Crippen molar-refractivity contribution in [3.05, 3.63) is 63.9 Å². The molecule has 1 aliphatic heterocycles. The number of aliphatic hydroxyl groups excluding tert-OH is 1. The van der Waals surface area contributed by atoms with Crippen LogP contribution in [-0.2, 0) is 9.59 Å². The van der Waals surface area contributed by atoms with Crippen LogP contribution in [0.1, 0.15) is 37.9 Å². The van der Waals surface area contributed by atoms with Gasteiger partial charge in [-0.25, -0.2) is 0 Å². The Bertz CT molecular complexity index is 1080. The second-order valence-corrected chi connectivity index (χ2v) is 8.90. The summed E-state index contributed by atoms with van der Waals surface area (Å²) in [7, 11) is 3.04. The Morgan fingerprint density at radius 2 is 1.71 bits per heavy atom. The third-order valence-electron chi connectivity index (χ3n) is 5.29. The van der Waals surface area contributed by atoms with Gasteiger partial charge in [0.15, 0.2) is 23.0 Å². The quantitative estimate of drug-likeness (QED) is 0.688. The first-order chi connectivity index (χ1) is 14.5. The highest BCUT2D eigenvalue weighted by Gasteiger charge is 2.47. The van der Waals surface area contributed by atoms with Gasteiger partial charge >= 0.3 is 0 Å². The molecule has 1 unspecified atom stereocenters. The lowest BCUT2D eigenvalue weighted by molar-refractivity contribution is -0.123. The molecule has 1 amide bonds. The molecule has 0 fully saturated rings. The van der Waals surface area contributed by atoms with E-state index < -0.39 is 23.1 Å². The van der Waals surface area contributed by atoms with E-state index in [1.54, 1.807) is 57.2 Å². The fraction of sp³-hybridized carbons (Fsp3) is 0.333.